The molecule has 2 heteroatoms. The quantitative estimate of drug-likeness (QED) is 0.754. The molecule has 0 heterocycles. The predicted molar refractivity (Wildman–Crippen MR) is 68.2 cm³/mol. The van der Waals surface area contributed by atoms with Crippen molar-refractivity contribution in [3.05, 3.63) is 0 Å². The van der Waals surface area contributed by atoms with Gasteiger partial charge in [-0.25, -0.2) is 0 Å². The van der Waals surface area contributed by atoms with E-state index < -0.39 is 0 Å². The van der Waals surface area contributed by atoms with Crippen LogP contribution in [0.1, 0.15) is 58.8 Å². The molecular formula is C14H27NO. The molecule has 0 aromatic heterocycles. The highest BCUT2D eigenvalue weighted by atomic mass is 16.1. The molecule has 16 heavy (non-hydrogen) atoms. The van der Waals surface area contributed by atoms with Gasteiger partial charge in [-0.15, -0.1) is 0 Å². The highest BCUT2D eigenvalue weighted by Gasteiger charge is 2.28. The molecule has 0 aromatic rings. The number of carbonyl (C=O) groups is 1. The summed E-state index contributed by atoms with van der Waals surface area (Å²) >= 11 is 0. The standard InChI is InChI=1S/C14H27NO/c1-3-12-7-4-8-13(10-12)14(16)11(2)6-5-9-15/h11-13H,3-10,15H2,1-2H3. The van der Waals surface area contributed by atoms with Crippen LogP contribution < -0.4 is 5.73 Å². The average molecular weight is 225 g/mol. The Bertz CT molecular complexity index is 215. The number of rotatable bonds is 6. The zero-order chi connectivity index (χ0) is 12.0. The summed E-state index contributed by atoms with van der Waals surface area (Å²) in [6, 6.07) is 0. The van der Waals surface area contributed by atoms with Gasteiger partial charge in [0.2, 0.25) is 0 Å². The van der Waals surface area contributed by atoms with Gasteiger partial charge in [0.05, 0.1) is 0 Å². The molecule has 1 aliphatic carbocycles. The maximum Gasteiger partial charge on any atom is 0.138 e. The minimum Gasteiger partial charge on any atom is -0.330 e. The van der Waals surface area contributed by atoms with Crippen LogP contribution >= 0.6 is 0 Å². The zero-order valence-corrected chi connectivity index (χ0v) is 10.9. The van der Waals surface area contributed by atoms with E-state index in [9.17, 15) is 4.79 Å². The van der Waals surface area contributed by atoms with Gasteiger partial charge in [-0.3, -0.25) is 4.79 Å². The van der Waals surface area contributed by atoms with Gasteiger partial charge < -0.3 is 5.73 Å². The van der Waals surface area contributed by atoms with E-state index in [4.69, 9.17) is 5.73 Å². The van der Waals surface area contributed by atoms with Crippen LogP contribution in [0.15, 0.2) is 0 Å². The molecule has 0 amide bonds. The fourth-order valence-corrected chi connectivity index (χ4v) is 2.89. The summed E-state index contributed by atoms with van der Waals surface area (Å²) in [6.07, 6.45) is 8.04. The SMILES string of the molecule is CCC1CCCC(C(=O)C(C)CCCN)C1. The smallest absolute Gasteiger partial charge is 0.138 e. The second-order valence-electron chi connectivity index (χ2n) is 5.37. The van der Waals surface area contributed by atoms with Gasteiger partial charge in [0.1, 0.15) is 5.78 Å². The van der Waals surface area contributed by atoms with E-state index in [0.29, 0.717) is 18.2 Å². The summed E-state index contributed by atoms with van der Waals surface area (Å²) in [4.78, 5) is 12.2. The molecule has 2 nitrogen and oxygen atoms in total. The molecule has 2 N–H and O–H groups in total. The molecule has 3 unspecified atom stereocenters. The van der Waals surface area contributed by atoms with E-state index >= 15 is 0 Å². The molecule has 1 fully saturated rings. The highest BCUT2D eigenvalue weighted by Crippen LogP contribution is 2.33. The Labute approximate surface area is 100.0 Å². The molecule has 0 bridgehead atoms. The first-order valence-corrected chi connectivity index (χ1v) is 6.92. The van der Waals surface area contributed by atoms with Crippen molar-refractivity contribution >= 4 is 5.78 Å². The molecule has 1 saturated carbocycles. The number of hydrogen-bond acceptors (Lipinski definition) is 2. The first-order chi connectivity index (χ1) is 7.69. The van der Waals surface area contributed by atoms with Gasteiger partial charge in [-0.1, -0.05) is 33.1 Å². The summed E-state index contributed by atoms with van der Waals surface area (Å²) in [6.45, 7) is 5.03. The molecule has 1 aliphatic rings. The average Bonchev–Trinajstić information content (AvgIpc) is 2.35. The molecule has 3 atom stereocenters. The maximum absolute atomic E-state index is 12.2. The minimum atomic E-state index is 0.226. The van der Waals surface area contributed by atoms with Crippen molar-refractivity contribution in [2.45, 2.75) is 58.8 Å². The summed E-state index contributed by atoms with van der Waals surface area (Å²) in [7, 11) is 0. The third-order valence-electron chi connectivity index (χ3n) is 4.09. The van der Waals surface area contributed by atoms with E-state index in [2.05, 4.69) is 13.8 Å². The second-order valence-corrected chi connectivity index (χ2v) is 5.37. The number of carbonyl (C=O) groups excluding carboxylic acids is 1. The second kappa shape index (κ2) is 7.05. The van der Waals surface area contributed by atoms with Crippen LogP contribution in [0.2, 0.25) is 0 Å². The summed E-state index contributed by atoms with van der Waals surface area (Å²) in [5.41, 5.74) is 5.49. The fraction of sp³-hybridized carbons (Fsp3) is 0.929. The zero-order valence-electron chi connectivity index (χ0n) is 10.9. The van der Waals surface area contributed by atoms with Crippen molar-refractivity contribution in [3.63, 3.8) is 0 Å². The van der Waals surface area contributed by atoms with Crippen LogP contribution in [-0.4, -0.2) is 12.3 Å². The lowest BCUT2D eigenvalue weighted by atomic mass is 9.75. The fourth-order valence-electron chi connectivity index (χ4n) is 2.89. The van der Waals surface area contributed by atoms with Gasteiger partial charge in [0, 0.05) is 11.8 Å². The largest absolute Gasteiger partial charge is 0.330 e. The highest BCUT2D eigenvalue weighted by molar-refractivity contribution is 5.83. The number of ketones is 1. The topological polar surface area (TPSA) is 43.1 Å². The van der Waals surface area contributed by atoms with E-state index in [-0.39, 0.29) is 5.92 Å². The lowest BCUT2D eigenvalue weighted by Crippen LogP contribution is -2.27. The summed E-state index contributed by atoms with van der Waals surface area (Å²) in [5.74, 6) is 1.88. The van der Waals surface area contributed by atoms with Crippen molar-refractivity contribution < 1.29 is 4.79 Å². The molecule has 0 spiro atoms. The van der Waals surface area contributed by atoms with Crippen molar-refractivity contribution in [1.29, 1.82) is 0 Å². The van der Waals surface area contributed by atoms with Crippen molar-refractivity contribution in [3.8, 4) is 0 Å². The Morgan fingerprint density at radius 3 is 2.81 bits per heavy atom. The van der Waals surface area contributed by atoms with Gasteiger partial charge in [0.25, 0.3) is 0 Å². The molecular weight excluding hydrogens is 198 g/mol. The molecule has 0 radical (unpaired) electrons. The van der Waals surface area contributed by atoms with Gasteiger partial charge in [0.15, 0.2) is 0 Å². The van der Waals surface area contributed by atoms with Gasteiger partial charge in [-0.05, 0) is 38.1 Å². The van der Waals surface area contributed by atoms with Crippen molar-refractivity contribution in [2.75, 3.05) is 6.54 Å². The molecule has 0 saturated heterocycles. The Kier molecular flexibility index (Phi) is 6.04. The number of nitrogens with two attached hydrogens (primary N) is 1. The molecule has 94 valence electrons. The Morgan fingerprint density at radius 1 is 1.44 bits per heavy atom. The first kappa shape index (κ1) is 13.7. The lowest BCUT2D eigenvalue weighted by Gasteiger charge is -2.29. The molecule has 0 aliphatic heterocycles. The Morgan fingerprint density at radius 2 is 2.19 bits per heavy atom. The van der Waals surface area contributed by atoms with Crippen LogP contribution in [0.25, 0.3) is 0 Å². The van der Waals surface area contributed by atoms with E-state index in [0.717, 1.165) is 31.6 Å². The van der Waals surface area contributed by atoms with Crippen LogP contribution in [0.4, 0.5) is 0 Å². The number of hydrogen-bond donors (Lipinski definition) is 1. The Balaban J connectivity index is 2.40. The molecule has 0 aromatic carbocycles. The lowest BCUT2D eigenvalue weighted by molar-refractivity contribution is -0.128. The van der Waals surface area contributed by atoms with E-state index in [1.165, 1.54) is 19.3 Å². The maximum atomic E-state index is 12.2. The summed E-state index contributed by atoms with van der Waals surface area (Å²) in [5, 5.41) is 0. The van der Waals surface area contributed by atoms with E-state index in [1.54, 1.807) is 0 Å². The van der Waals surface area contributed by atoms with E-state index in [1.807, 2.05) is 0 Å². The third kappa shape index (κ3) is 3.89. The minimum absolute atomic E-state index is 0.226. The van der Waals surface area contributed by atoms with Crippen LogP contribution in [0.3, 0.4) is 0 Å². The van der Waals surface area contributed by atoms with Gasteiger partial charge in [-0.2, -0.15) is 0 Å². The first-order valence-electron chi connectivity index (χ1n) is 6.92. The Hall–Kier alpha value is -0.370. The van der Waals surface area contributed by atoms with Crippen LogP contribution in [0, 0.1) is 17.8 Å². The third-order valence-corrected chi connectivity index (χ3v) is 4.09. The van der Waals surface area contributed by atoms with Crippen LogP contribution in [0.5, 0.6) is 0 Å². The van der Waals surface area contributed by atoms with Crippen molar-refractivity contribution in [2.24, 2.45) is 23.5 Å². The van der Waals surface area contributed by atoms with Gasteiger partial charge >= 0.3 is 0 Å². The van der Waals surface area contributed by atoms with Crippen LogP contribution in [-0.2, 0) is 4.79 Å². The monoisotopic (exact) mass is 225 g/mol. The summed E-state index contributed by atoms with van der Waals surface area (Å²) < 4.78 is 0. The predicted octanol–water partition coefficient (Wildman–Crippen LogP) is 3.15. The van der Waals surface area contributed by atoms with Crippen molar-refractivity contribution in [1.82, 2.24) is 0 Å². The number of Topliss-reactive ketones (excluding diaryl/α,β-unsaturated/α-hetero) is 1. The molecule has 1 rings (SSSR count). The normalized spacial score (nSPS) is 27.7.